The highest BCUT2D eigenvalue weighted by Gasteiger charge is 2.28. The Hall–Kier alpha value is -0.160. The van der Waals surface area contributed by atoms with E-state index >= 15 is 0 Å². The molecule has 2 rings (SSSR count). The standard InChI is InChI=1S/C21H43N5O2.HI/c1-6-22-20(24-17-21(4,5)26-9-13-28-14-10-26)23-16-19(15-18(2)3)25-7-11-27-12-8-25;/h18-19H,6-17H2,1-5H3,(H2,22,23,24);1H. The minimum absolute atomic E-state index is 0. The van der Waals surface area contributed by atoms with E-state index in [0.29, 0.717) is 12.0 Å². The molecule has 2 heterocycles. The zero-order chi connectivity index (χ0) is 20.4. The van der Waals surface area contributed by atoms with E-state index in [1.165, 1.54) is 6.42 Å². The second-order valence-corrected chi connectivity index (χ2v) is 8.92. The molecule has 2 fully saturated rings. The summed E-state index contributed by atoms with van der Waals surface area (Å²) >= 11 is 0. The number of nitrogens with zero attached hydrogens (tertiary/aromatic N) is 3. The predicted octanol–water partition coefficient (Wildman–Crippen LogP) is 2.02. The molecule has 0 bridgehead atoms. The van der Waals surface area contributed by atoms with Crippen LogP contribution in [0.1, 0.15) is 41.0 Å². The summed E-state index contributed by atoms with van der Waals surface area (Å²) in [5.41, 5.74) is 0.0354. The monoisotopic (exact) mass is 525 g/mol. The molecule has 2 N–H and O–H groups in total. The summed E-state index contributed by atoms with van der Waals surface area (Å²) in [6.07, 6.45) is 1.19. The SMILES string of the molecule is CCNC(=NCC(C)(C)N1CCOCC1)NCC(CC(C)C)N1CCOCC1.I. The smallest absolute Gasteiger partial charge is 0.191 e. The molecule has 1 unspecified atom stereocenters. The number of nitrogens with one attached hydrogen (secondary N) is 2. The van der Waals surface area contributed by atoms with Crippen LogP contribution in [0.4, 0.5) is 0 Å². The van der Waals surface area contributed by atoms with Gasteiger partial charge in [0.2, 0.25) is 0 Å². The van der Waals surface area contributed by atoms with Crippen LogP contribution in [-0.4, -0.2) is 99.6 Å². The summed E-state index contributed by atoms with van der Waals surface area (Å²) in [7, 11) is 0. The van der Waals surface area contributed by atoms with Crippen LogP contribution >= 0.6 is 24.0 Å². The number of ether oxygens (including phenoxy) is 2. The molecule has 2 aliphatic heterocycles. The maximum atomic E-state index is 5.54. The molecule has 0 spiro atoms. The van der Waals surface area contributed by atoms with Crippen LogP contribution < -0.4 is 10.6 Å². The van der Waals surface area contributed by atoms with Crippen molar-refractivity contribution in [3.8, 4) is 0 Å². The average molecular weight is 526 g/mol. The Labute approximate surface area is 195 Å². The van der Waals surface area contributed by atoms with E-state index in [9.17, 15) is 0 Å². The predicted molar refractivity (Wildman–Crippen MR) is 132 cm³/mol. The van der Waals surface area contributed by atoms with Crippen LogP contribution in [0, 0.1) is 5.92 Å². The van der Waals surface area contributed by atoms with Crippen molar-refractivity contribution < 1.29 is 9.47 Å². The van der Waals surface area contributed by atoms with Gasteiger partial charge in [0.05, 0.1) is 33.0 Å². The third kappa shape index (κ3) is 9.67. The molecule has 0 saturated carbocycles. The van der Waals surface area contributed by atoms with Gasteiger partial charge in [-0.1, -0.05) is 13.8 Å². The molecule has 172 valence electrons. The van der Waals surface area contributed by atoms with Gasteiger partial charge in [-0.3, -0.25) is 14.8 Å². The molecule has 7 nitrogen and oxygen atoms in total. The lowest BCUT2D eigenvalue weighted by Crippen LogP contribution is -2.53. The van der Waals surface area contributed by atoms with Gasteiger partial charge in [-0.25, -0.2) is 0 Å². The highest BCUT2D eigenvalue weighted by Crippen LogP contribution is 2.17. The highest BCUT2D eigenvalue weighted by molar-refractivity contribution is 14.0. The molecular weight excluding hydrogens is 481 g/mol. The molecular formula is C21H44IN5O2. The van der Waals surface area contributed by atoms with Crippen molar-refractivity contribution in [2.45, 2.75) is 52.6 Å². The Bertz CT molecular complexity index is 464. The topological polar surface area (TPSA) is 61.4 Å². The summed E-state index contributed by atoms with van der Waals surface area (Å²) in [6.45, 7) is 21.2. The van der Waals surface area contributed by atoms with Crippen LogP contribution in [0.3, 0.4) is 0 Å². The third-order valence-electron chi connectivity index (χ3n) is 5.65. The van der Waals surface area contributed by atoms with Crippen molar-refractivity contribution >= 4 is 29.9 Å². The summed E-state index contributed by atoms with van der Waals surface area (Å²) in [5.74, 6) is 1.60. The molecule has 29 heavy (non-hydrogen) atoms. The quantitative estimate of drug-likeness (QED) is 0.273. The lowest BCUT2D eigenvalue weighted by atomic mass is 10.0. The van der Waals surface area contributed by atoms with Gasteiger partial charge < -0.3 is 20.1 Å². The summed E-state index contributed by atoms with van der Waals surface area (Å²) in [4.78, 5) is 9.98. The fourth-order valence-corrected chi connectivity index (χ4v) is 3.95. The summed E-state index contributed by atoms with van der Waals surface area (Å²) in [6, 6.07) is 0.514. The fourth-order valence-electron chi connectivity index (χ4n) is 3.95. The zero-order valence-corrected chi connectivity index (χ0v) is 21.5. The minimum Gasteiger partial charge on any atom is -0.379 e. The first-order valence-electron chi connectivity index (χ1n) is 11.1. The van der Waals surface area contributed by atoms with E-state index in [0.717, 1.165) is 78.2 Å². The molecule has 8 heteroatoms. The second-order valence-electron chi connectivity index (χ2n) is 8.92. The van der Waals surface area contributed by atoms with Crippen LogP contribution in [0.2, 0.25) is 0 Å². The molecule has 0 aromatic heterocycles. The molecule has 0 aromatic carbocycles. The van der Waals surface area contributed by atoms with Gasteiger partial charge >= 0.3 is 0 Å². The largest absolute Gasteiger partial charge is 0.379 e. The van der Waals surface area contributed by atoms with Gasteiger partial charge in [-0.05, 0) is 33.1 Å². The van der Waals surface area contributed by atoms with Gasteiger partial charge in [0, 0.05) is 50.8 Å². The highest BCUT2D eigenvalue weighted by atomic mass is 127. The molecule has 0 aromatic rings. The van der Waals surface area contributed by atoms with E-state index in [2.05, 4.69) is 55.1 Å². The number of morpholine rings is 2. The Morgan fingerprint density at radius 3 is 2.14 bits per heavy atom. The molecule has 2 saturated heterocycles. The van der Waals surface area contributed by atoms with Gasteiger partial charge in [0.15, 0.2) is 5.96 Å². The first-order valence-corrected chi connectivity index (χ1v) is 11.1. The average Bonchev–Trinajstić information content (AvgIpc) is 2.70. The Kier molecular flexibility index (Phi) is 13.0. The van der Waals surface area contributed by atoms with Crippen molar-refractivity contribution in [3.05, 3.63) is 0 Å². The van der Waals surface area contributed by atoms with Gasteiger partial charge in [0.25, 0.3) is 0 Å². The van der Waals surface area contributed by atoms with Crippen LogP contribution in [0.5, 0.6) is 0 Å². The van der Waals surface area contributed by atoms with E-state index in [4.69, 9.17) is 14.5 Å². The Morgan fingerprint density at radius 2 is 1.59 bits per heavy atom. The second kappa shape index (κ2) is 14.0. The summed E-state index contributed by atoms with van der Waals surface area (Å²) < 4.78 is 11.0. The van der Waals surface area contributed by atoms with Gasteiger partial charge in [0.1, 0.15) is 0 Å². The lowest BCUT2D eigenvalue weighted by molar-refractivity contribution is -0.00685. The lowest BCUT2D eigenvalue weighted by Gasteiger charge is -2.40. The van der Waals surface area contributed by atoms with Gasteiger partial charge in [-0.2, -0.15) is 0 Å². The van der Waals surface area contributed by atoms with Crippen molar-refractivity contribution in [2.24, 2.45) is 10.9 Å². The maximum absolute atomic E-state index is 5.54. The number of hydrogen-bond donors (Lipinski definition) is 2. The first-order chi connectivity index (χ1) is 13.4. The van der Waals surface area contributed by atoms with Gasteiger partial charge in [-0.15, -0.1) is 24.0 Å². The minimum atomic E-state index is 0. The zero-order valence-electron chi connectivity index (χ0n) is 19.2. The molecule has 2 aliphatic rings. The normalized spacial score (nSPS) is 21.0. The number of aliphatic imine (C=N–C) groups is 1. The van der Waals surface area contributed by atoms with Crippen molar-refractivity contribution in [1.29, 1.82) is 0 Å². The van der Waals surface area contributed by atoms with E-state index in [1.54, 1.807) is 0 Å². The van der Waals surface area contributed by atoms with Crippen molar-refractivity contribution in [3.63, 3.8) is 0 Å². The molecule has 0 amide bonds. The van der Waals surface area contributed by atoms with E-state index in [-0.39, 0.29) is 29.5 Å². The fraction of sp³-hybridized carbons (Fsp3) is 0.952. The Balaban J connectivity index is 0.00000420. The summed E-state index contributed by atoms with van der Waals surface area (Å²) in [5, 5.41) is 7.03. The first kappa shape index (κ1) is 26.9. The third-order valence-corrected chi connectivity index (χ3v) is 5.65. The number of halogens is 1. The Morgan fingerprint density at radius 1 is 1.00 bits per heavy atom. The van der Waals surface area contributed by atoms with E-state index < -0.39 is 0 Å². The number of rotatable bonds is 9. The van der Waals surface area contributed by atoms with Crippen LogP contribution in [-0.2, 0) is 9.47 Å². The molecule has 0 radical (unpaired) electrons. The number of hydrogen-bond acceptors (Lipinski definition) is 5. The maximum Gasteiger partial charge on any atom is 0.191 e. The van der Waals surface area contributed by atoms with Crippen LogP contribution in [0.25, 0.3) is 0 Å². The van der Waals surface area contributed by atoms with Crippen molar-refractivity contribution in [2.75, 3.05) is 72.2 Å². The van der Waals surface area contributed by atoms with Crippen molar-refractivity contribution in [1.82, 2.24) is 20.4 Å². The van der Waals surface area contributed by atoms with E-state index in [1.807, 2.05) is 0 Å². The van der Waals surface area contributed by atoms with Crippen LogP contribution in [0.15, 0.2) is 4.99 Å². The molecule has 1 atom stereocenters. The molecule has 0 aliphatic carbocycles. The number of guanidine groups is 1.